The Labute approximate surface area is 108 Å². The highest BCUT2D eigenvalue weighted by atomic mass is 79.9. The molecule has 1 atom stereocenters. The van der Waals surface area contributed by atoms with Gasteiger partial charge in [0.1, 0.15) is 17.2 Å². The van der Waals surface area contributed by atoms with Gasteiger partial charge >= 0.3 is 0 Å². The summed E-state index contributed by atoms with van der Waals surface area (Å²) in [5, 5.41) is 3.27. The molecule has 1 aromatic rings. The van der Waals surface area contributed by atoms with Crippen LogP contribution in [0, 0.1) is 18.6 Å². The largest absolute Gasteiger partial charge is 0.349 e. The van der Waals surface area contributed by atoms with Crippen LogP contribution in [0.2, 0.25) is 0 Å². The zero-order valence-corrected chi connectivity index (χ0v) is 11.3. The van der Waals surface area contributed by atoms with E-state index in [4.69, 9.17) is 0 Å². The van der Waals surface area contributed by atoms with Gasteiger partial charge in [-0.15, -0.1) is 0 Å². The zero-order valence-electron chi connectivity index (χ0n) is 9.69. The van der Waals surface area contributed by atoms with Crippen molar-refractivity contribution in [3.63, 3.8) is 0 Å². The number of hydrogen-bond acceptors (Lipinski definition) is 1. The standard InChI is InChI=1S/C12H14BrF2NO/c1-7-3-4-9(14)10(11(7)15)12(17)16-8(2)5-6-13/h3-4,8H,5-6H2,1-2H3,(H,16,17). The maximum Gasteiger partial charge on any atom is 0.257 e. The van der Waals surface area contributed by atoms with Crippen molar-refractivity contribution in [3.8, 4) is 0 Å². The highest BCUT2D eigenvalue weighted by Gasteiger charge is 2.20. The molecular weight excluding hydrogens is 292 g/mol. The first-order valence-electron chi connectivity index (χ1n) is 5.28. The van der Waals surface area contributed by atoms with Gasteiger partial charge in [0, 0.05) is 11.4 Å². The molecule has 1 rings (SSSR count). The molecule has 1 aromatic carbocycles. The lowest BCUT2D eigenvalue weighted by atomic mass is 10.1. The first kappa shape index (κ1) is 14.1. The first-order valence-corrected chi connectivity index (χ1v) is 6.41. The van der Waals surface area contributed by atoms with E-state index in [1.165, 1.54) is 13.0 Å². The number of rotatable bonds is 4. The average Bonchev–Trinajstić information content (AvgIpc) is 2.24. The number of carbonyl (C=O) groups is 1. The van der Waals surface area contributed by atoms with E-state index in [1.807, 2.05) is 0 Å². The van der Waals surface area contributed by atoms with Gasteiger partial charge in [-0.3, -0.25) is 4.79 Å². The monoisotopic (exact) mass is 305 g/mol. The number of carbonyl (C=O) groups excluding carboxylic acids is 1. The van der Waals surface area contributed by atoms with Gasteiger partial charge in [0.15, 0.2) is 0 Å². The molecule has 5 heteroatoms. The quantitative estimate of drug-likeness (QED) is 0.851. The Morgan fingerprint density at radius 3 is 2.71 bits per heavy atom. The molecule has 0 aliphatic heterocycles. The molecular formula is C12H14BrF2NO. The van der Waals surface area contributed by atoms with E-state index in [2.05, 4.69) is 21.2 Å². The van der Waals surface area contributed by atoms with Gasteiger partial charge in [-0.1, -0.05) is 22.0 Å². The second kappa shape index (κ2) is 6.10. The van der Waals surface area contributed by atoms with Gasteiger partial charge < -0.3 is 5.32 Å². The molecule has 1 N–H and O–H groups in total. The highest BCUT2D eigenvalue weighted by molar-refractivity contribution is 9.09. The summed E-state index contributed by atoms with van der Waals surface area (Å²) < 4.78 is 27.0. The number of halogens is 3. The topological polar surface area (TPSA) is 29.1 Å². The summed E-state index contributed by atoms with van der Waals surface area (Å²) in [5.74, 6) is -2.35. The van der Waals surface area contributed by atoms with Crippen LogP contribution < -0.4 is 5.32 Å². The van der Waals surface area contributed by atoms with E-state index in [1.54, 1.807) is 6.92 Å². The Morgan fingerprint density at radius 2 is 2.12 bits per heavy atom. The second-order valence-corrected chi connectivity index (χ2v) is 4.70. The van der Waals surface area contributed by atoms with Crippen molar-refractivity contribution in [2.75, 3.05) is 5.33 Å². The Hall–Kier alpha value is -0.970. The van der Waals surface area contributed by atoms with Crippen molar-refractivity contribution < 1.29 is 13.6 Å². The fourth-order valence-corrected chi connectivity index (χ4v) is 2.08. The number of amides is 1. The molecule has 0 heterocycles. The molecule has 1 unspecified atom stereocenters. The van der Waals surface area contributed by atoms with Crippen molar-refractivity contribution in [2.45, 2.75) is 26.3 Å². The van der Waals surface area contributed by atoms with E-state index in [0.717, 1.165) is 6.07 Å². The minimum atomic E-state index is -0.836. The zero-order chi connectivity index (χ0) is 13.0. The summed E-state index contributed by atoms with van der Waals surface area (Å²) in [5.41, 5.74) is -0.254. The number of alkyl halides is 1. The normalized spacial score (nSPS) is 12.3. The maximum absolute atomic E-state index is 13.6. The summed E-state index contributed by atoms with van der Waals surface area (Å²) in [6, 6.07) is 2.27. The lowest BCUT2D eigenvalue weighted by Crippen LogP contribution is -2.34. The van der Waals surface area contributed by atoms with Crippen LogP contribution in [0.3, 0.4) is 0 Å². The third kappa shape index (κ3) is 3.49. The van der Waals surface area contributed by atoms with Gasteiger partial charge in [0.05, 0.1) is 0 Å². The van der Waals surface area contributed by atoms with E-state index in [0.29, 0.717) is 11.8 Å². The van der Waals surface area contributed by atoms with Gasteiger partial charge in [0.2, 0.25) is 0 Å². The SMILES string of the molecule is Cc1ccc(F)c(C(=O)NC(C)CCBr)c1F. The molecule has 0 radical (unpaired) electrons. The highest BCUT2D eigenvalue weighted by Crippen LogP contribution is 2.16. The molecule has 0 spiro atoms. The molecule has 1 amide bonds. The number of hydrogen-bond donors (Lipinski definition) is 1. The second-order valence-electron chi connectivity index (χ2n) is 3.91. The smallest absolute Gasteiger partial charge is 0.257 e. The van der Waals surface area contributed by atoms with Crippen LogP contribution in [-0.2, 0) is 0 Å². The number of nitrogens with one attached hydrogen (secondary N) is 1. The van der Waals surface area contributed by atoms with E-state index in [9.17, 15) is 13.6 Å². The van der Waals surface area contributed by atoms with Crippen LogP contribution in [0.1, 0.15) is 29.3 Å². The Balaban J connectivity index is 2.93. The van der Waals surface area contributed by atoms with Gasteiger partial charge in [-0.2, -0.15) is 0 Å². The minimum absolute atomic E-state index is 0.138. The Morgan fingerprint density at radius 1 is 1.47 bits per heavy atom. The van der Waals surface area contributed by atoms with Crippen LogP contribution in [-0.4, -0.2) is 17.3 Å². The van der Waals surface area contributed by atoms with Crippen LogP contribution in [0.4, 0.5) is 8.78 Å². The molecule has 0 saturated carbocycles. The van der Waals surface area contributed by atoms with Crippen molar-refractivity contribution in [3.05, 3.63) is 34.9 Å². The fraction of sp³-hybridized carbons (Fsp3) is 0.417. The van der Waals surface area contributed by atoms with Crippen molar-refractivity contribution in [2.24, 2.45) is 0 Å². The van der Waals surface area contributed by atoms with Gasteiger partial charge in [-0.05, 0) is 31.9 Å². The molecule has 2 nitrogen and oxygen atoms in total. The first-order chi connectivity index (χ1) is 7.97. The third-order valence-corrected chi connectivity index (χ3v) is 2.89. The molecule has 94 valence electrons. The molecule has 0 fully saturated rings. The molecule has 0 aliphatic carbocycles. The van der Waals surface area contributed by atoms with Crippen LogP contribution >= 0.6 is 15.9 Å². The van der Waals surface area contributed by atoms with Crippen molar-refractivity contribution in [1.82, 2.24) is 5.32 Å². The van der Waals surface area contributed by atoms with E-state index < -0.39 is 23.1 Å². The lowest BCUT2D eigenvalue weighted by molar-refractivity contribution is 0.0931. The summed E-state index contributed by atoms with van der Waals surface area (Å²) in [6.45, 7) is 3.28. The van der Waals surface area contributed by atoms with Crippen LogP contribution in [0.15, 0.2) is 12.1 Å². The predicted molar refractivity (Wildman–Crippen MR) is 66.4 cm³/mol. The fourth-order valence-electron chi connectivity index (χ4n) is 1.40. The lowest BCUT2D eigenvalue weighted by Gasteiger charge is -2.13. The summed E-state index contributed by atoms with van der Waals surface area (Å²) in [4.78, 5) is 11.7. The third-order valence-electron chi connectivity index (χ3n) is 2.43. The van der Waals surface area contributed by atoms with Crippen molar-refractivity contribution in [1.29, 1.82) is 0 Å². The Kier molecular flexibility index (Phi) is 5.05. The molecule has 17 heavy (non-hydrogen) atoms. The van der Waals surface area contributed by atoms with Crippen LogP contribution in [0.25, 0.3) is 0 Å². The van der Waals surface area contributed by atoms with Gasteiger partial charge in [0.25, 0.3) is 5.91 Å². The average molecular weight is 306 g/mol. The predicted octanol–water partition coefficient (Wildman–Crippen LogP) is 3.18. The molecule has 0 bridgehead atoms. The summed E-state index contributed by atoms with van der Waals surface area (Å²) in [6.07, 6.45) is 0.695. The number of benzene rings is 1. The van der Waals surface area contributed by atoms with Gasteiger partial charge in [-0.25, -0.2) is 8.78 Å². The summed E-state index contributed by atoms with van der Waals surface area (Å²) >= 11 is 3.24. The molecule has 0 aromatic heterocycles. The number of aryl methyl sites for hydroxylation is 1. The Bertz CT molecular complexity index is 423. The van der Waals surface area contributed by atoms with Crippen LogP contribution in [0.5, 0.6) is 0 Å². The summed E-state index contributed by atoms with van der Waals surface area (Å²) in [7, 11) is 0. The van der Waals surface area contributed by atoms with Crippen molar-refractivity contribution >= 4 is 21.8 Å². The van der Waals surface area contributed by atoms with E-state index >= 15 is 0 Å². The molecule has 0 saturated heterocycles. The molecule has 0 aliphatic rings. The maximum atomic E-state index is 13.6. The van der Waals surface area contributed by atoms with E-state index in [-0.39, 0.29) is 11.6 Å². The minimum Gasteiger partial charge on any atom is -0.349 e.